The molecule has 0 aromatic heterocycles. The number of carbonyl (C=O) groups excluding carboxylic acids is 2. The molecule has 10 atom stereocenters. The Kier molecular flexibility index (Phi) is 10.4. The summed E-state index contributed by atoms with van der Waals surface area (Å²) in [5.74, 6) is 11.0. The van der Waals surface area contributed by atoms with Crippen molar-refractivity contribution in [3.63, 3.8) is 0 Å². The van der Waals surface area contributed by atoms with Crippen LogP contribution in [0.5, 0.6) is 0 Å². The number of aliphatic hydroxyl groups excluding tert-OH is 6. The van der Waals surface area contributed by atoms with E-state index in [4.69, 9.17) is 14.2 Å². The summed E-state index contributed by atoms with van der Waals surface area (Å²) in [6.07, 6.45) is -9.13. The molecule has 0 saturated carbocycles. The number of benzene rings is 2. The largest absolute Gasteiger partial charge is 0.456 e. The van der Waals surface area contributed by atoms with Gasteiger partial charge in [0.05, 0.1) is 25.4 Å². The first-order valence-electron chi connectivity index (χ1n) is 16.9. The second-order valence-corrected chi connectivity index (χ2v) is 13.6. The fourth-order valence-corrected chi connectivity index (χ4v) is 7.66. The van der Waals surface area contributed by atoms with Crippen LogP contribution < -0.4 is 0 Å². The predicted molar refractivity (Wildman–Crippen MR) is 178 cm³/mol. The van der Waals surface area contributed by atoms with E-state index in [0.29, 0.717) is 37.1 Å². The van der Waals surface area contributed by atoms with Crippen molar-refractivity contribution in [1.29, 1.82) is 0 Å². The monoisotopic (exact) mass is 689 g/mol. The first-order valence-corrected chi connectivity index (χ1v) is 16.9. The Bertz CT molecular complexity index is 1740. The molecule has 3 saturated heterocycles. The highest BCUT2D eigenvalue weighted by Crippen LogP contribution is 2.54. The molecule has 2 aromatic rings. The molecular weight excluding hydrogens is 646 g/mol. The van der Waals surface area contributed by atoms with Crippen LogP contribution in [0.15, 0.2) is 36.4 Å². The van der Waals surface area contributed by atoms with Crippen LogP contribution in [0.3, 0.4) is 0 Å². The summed E-state index contributed by atoms with van der Waals surface area (Å²) in [5, 5.41) is 61.5. The van der Waals surface area contributed by atoms with Crippen molar-refractivity contribution < 1.29 is 54.4 Å². The van der Waals surface area contributed by atoms with Gasteiger partial charge in [-0.25, -0.2) is 0 Å². The number of fused-ring (bicyclic) bond motifs is 5. The van der Waals surface area contributed by atoms with Gasteiger partial charge in [0.2, 0.25) is 5.91 Å². The Morgan fingerprint density at radius 2 is 1.34 bits per heavy atom. The molecule has 6 rings (SSSR count). The van der Waals surface area contributed by atoms with E-state index >= 15 is 0 Å². The van der Waals surface area contributed by atoms with Crippen LogP contribution in [0.4, 0.5) is 0 Å². The van der Waals surface area contributed by atoms with Crippen LogP contribution >= 0.6 is 0 Å². The molecule has 266 valence electrons. The van der Waals surface area contributed by atoms with Crippen LogP contribution in [0.2, 0.25) is 0 Å². The number of amides is 1. The average molecular weight is 690 g/mol. The molecule has 0 unspecified atom stereocenters. The summed E-state index contributed by atoms with van der Waals surface area (Å²) in [6, 6.07) is 11.8. The lowest BCUT2D eigenvalue weighted by Crippen LogP contribution is -2.59. The Balaban J connectivity index is 1.35. The van der Waals surface area contributed by atoms with Gasteiger partial charge in [0.25, 0.3) is 0 Å². The highest BCUT2D eigenvalue weighted by Gasteiger charge is 2.47. The van der Waals surface area contributed by atoms with E-state index in [1.807, 2.05) is 41.3 Å². The van der Waals surface area contributed by atoms with Crippen LogP contribution in [0.1, 0.15) is 55.9 Å². The van der Waals surface area contributed by atoms with Crippen molar-refractivity contribution in [2.45, 2.75) is 94.0 Å². The molecule has 1 spiro atoms. The molecule has 2 aromatic carbocycles. The van der Waals surface area contributed by atoms with E-state index in [1.165, 1.54) is 6.92 Å². The standard InChI is InChI=1S/C38H43NO11/c1-20-31(18-40)49-29(34(45)33(20)44)10-6-23-4-8-25-26-9-5-24(7-11-30-37(48-22(3)43)36(47)35(46)32(19-41)50-30)17-28(26)38(27(25)16-23)12-14-39(15-13-38)21(2)42/h4-5,8-9,16-17,20,29-37,40-41,44-47H,12-15,18-19H2,1-3H3/t20-,29-,30-,31-,32-,33+,34-,35-,36+,37-/m1/s1. The van der Waals surface area contributed by atoms with Gasteiger partial charge in [-0.1, -0.05) is 42.7 Å². The zero-order valence-corrected chi connectivity index (χ0v) is 28.2. The summed E-state index contributed by atoms with van der Waals surface area (Å²) >= 11 is 0. The molecule has 4 aliphatic rings. The maximum atomic E-state index is 12.3. The summed E-state index contributed by atoms with van der Waals surface area (Å²) in [7, 11) is 0. The van der Waals surface area contributed by atoms with Crippen molar-refractivity contribution in [2.75, 3.05) is 26.3 Å². The first kappa shape index (κ1) is 36.0. The average Bonchev–Trinajstić information content (AvgIpc) is 3.36. The lowest BCUT2D eigenvalue weighted by atomic mass is 9.70. The lowest BCUT2D eigenvalue weighted by Gasteiger charge is -2.41. The van der Waals surface area contributed by atoms with Crippen molar-refractivity contribution in [3.8, 4) is 34.8 Å². The van der Waals surface area contributed by atoms with Gasteiger partial charge >= 0.3 is 5.97 Å². The minimum atomic E-state index is -1.51. The molecule has 12 nitrogen and oxygen atoms in total. The molecule has 1 amide bonds. The maximum absolute atomic E-state index is 12.3. The van der Waals surface area contributed by atoms with Crippen molar-refractivity contribution in [1.82, 2.24) is 4.90 Å². The molecule has 6 N–H and O–H groups in total. The zero-order valence-electron chi connectivity index (χ0n) is 28.2. The normalized spacial score (nSPS) is 32.5. The molecule has 0 radical (unpaired) electrons. The van der Waals surface area contributed by atoms with Crippen molar-refractivity contribution >= 4 is 11.9 Å². The van der Waals surface area contributed by atoms with Gasteiger partial charge in [0.15, 0.2) is 12.2 Å². The Hall–Kier alpha value is -3.82. The Labute approximate surface area is 290 Å². The third kappa shape index (κ3) is 6.55. The number of likely N-dealkylation sites (tertiary alicyclic amines) is 1. The number of ether oxygens (including phenoxy) is 3. The summed E-state index contributed by atoms with van der Waals surface area (Å²) < 4.78 is 16.8. The van der Waals surface area contributed by atoms with E-state index in [-0.39, 0.29) is 12.5 Å². The topological polar surface area (TPSA) is 186 Å². The Morgan fingerprint density at radius 3 is 1.86 bits per heavy atom. The van der Waals surface area contributed by atoms with Gasteiger partial charge in [-0.05, 0) is 59.4 Å². The molecule has 3 heterocycles. The molecule has 3 aliphatic heterocycles. The lowest BCUT2D eigenvalue weighted by molar-refractivity contribution is -0.225. The third-order valence-corrected chi connectivity index (χ3v) is 10.6. The van der Waals surface area contributed by atoms with Gasteiger partial charge in [-0.15, -0.1) is 0 Å². The second-order valence-electron chi connectivity index (χ2n) is 13.6. The first-order chi connectivity index (χ1) is 23.9. The second kappa shape index (κ2) is 14.4. The Morgan fingerprint density at radius 1 is 0.800 bits per heavy atom. The minimum absolute atomic E-state index is 0.00422. The van der Waals surface area contributed by atoms with Gasteiger partial charge < -0.3 is 49.7 Å². The van der Waals surface area contributed by atoms with E-state index in [2.05, 4.69) is 23.7 Å². The number of aliphatic hydroxyl groups is 6. The zero-order chi connectivity index (χ0) is 35.9. The highest BCUT2D eigenvalue weighted by molar-refractivity contribution is 5.83. The van der Waals surface area contributed by atoms with Gasteiger partial charge in [0.1, 0.15) is 30.5 Å². The molecule has 0 bridgehead atoms. The molecule has 1 aliphatic carbocycles. The van der Waals surface area contributed by atoms with E-state index in [9.17, 15) is 40.2 Å². The smallest absolute Gasteiger partial charge is 0.303 e. The number of esters is 1. The van der Waals surface area contributed by atoms with Crippen LogP contribution in [-0.2, 0) is 29.2 Å². The molecule has 50 heavy (non-hydrogen) atoms. The van der Waals surface area contributed by atoms with Crippen LogP contribution in [-0.4, -0.2) is 129 Å². The van der Waals surface area contributed by atoms with Gasteiger partial charge in [0, 0.05) is 49.4 Å². The van der Waals surface area contributed by atoms with Gasteiger partial charge in [-0.2, -0.15) is 0 Å². The molecule has 12 heteroatoms. The highest BCUT2D eigenvalue weighted by atomic mass is 16.6. The fraction of sp³-hybridized carbons (Fsp3) is 0.526. The van der Waals surface area contributed by atoms with E-state index in [0.717, 1.165) is 22.3 Å². The van der Waals surface area contributed by atoms with Gasteiger partial charge in [-0.3, -0.25) is 9.59 Å². The molecule has 3 fully saturated rings. The fourth-order valence-electron chi connectivity index (χ4n) is 7.66. The third-order valence-electron chi connectivity index (χ3n) is 10.6. The minimum Gasteiger partial charge on any atom is -0.456 e. The SMILES string of the molecule is CC(=O)O[C@H]1[C@@H](O)[C@H](O)[C@@H](CO)O[C@@H]1C#Cc1ccc2c(c1)C1(CCN(C(C)=O)CC1)c1cc(C#C[C@H]3O[C@H](CO)[C@@H](C)[C@H](O)[C@@H]3O)ccc1-2. The number of hydrogen-bond donors (Lipinski definition) is 6. The summed E-state index contributed by atoms with van der Waals surface area (Å²) in [4.78, 5) is 25.9. The summed E-state index contributed by atoms with van der Waals surface area (Å²) in [6.45, 7) is 4.66. The van der Waals surface area contributed by atoms with Crippen molar-refractivity contribution in [3.05, 3.63) is 58.7 Å². The summed E-state index contributed by atoms with van der Waals surface area (Å²) in [5.41, 5.74) is 4.96. The number of piperidine rings is 1. The number of hydrogen-bond acceptors (Lipinski definition) is 11. The maximum Gasteiger partial charge on any atom is 0.303 e. The number of carbonyl (C=O) groups is 2. The number of nitrogens with zero attached hydrogens (tertiary/aromatic N) is 1. The van der Waals surface area contributed by atoms with Crippen LogP contribution in [0.25, 0.3) is 11.1 Å². The predicted octanol–water partition coefficient (Wildman–Crippen LogP) is -0.171. The number of rotatable bonds is 3. The quantitative estimate of drug-likeness (QED) is 0.186. The molecular formula is C38H43NO11. The van der Waals surface area contributed by atoms with E-state index < -0.39 is 78.8 Å². The van der Waals surface area contributed by atoms with Crippen molar-refractivity contribution in [2.24, 2.45) is 5.92 Å². The van der Waals surface area contributed by atoms with E-state index in [1.54, 1.807) is 13.8 Å². The van der Waals surface area contributed by atoms with Crippen LogP contribution in [0, 0.1) is 29.6 Å².